The Morgan fingerprint density at radius 1 is 0.949 bits per heavy atom. The normalized spacial score (nSPS) is 26.8. The van der Waals surface area contributed by atoms with Gasteiger partial charge in [0, 0.05) is 35.9 Å². The fraction of sp³-hybridized carbons (Fsp3) is 0.429. The monoisotopic (exact) mass is 522 g/mol. The number of hydrogen-bond donors (Lipinski definition) is 0. The topological polar surface area (TPSA) is 24.9 Å². The first-order valence-electron chi connectivity index (χ1n) is 14.5. The van der Waals surface area contributed by atoms with Crippen molar-refractivity contribution < 1.29 is 9.47 Å². The SMILES string of the molecule is C=CCC1(C)CC(C(C)(C)c2ccc3c(c2)CN(c2ccccc2)CO3)CC2CN(c3ccccc3)COC21. The summed E-state index contributed by atoms with van der Waals surface area (Å²) >= 11 is 0. The third-order valence-corrected chi connectivity index (χ3v) is 9.70. The van der Waals surface area contributed by atoms with Gasteiger partial charge in [0.25, 0.3) is 0 Å². The van der Waals surface area contributed by atoms with Gasteiger partial charge in [-0.1, -0.05) is 69.3 Å². The van der Waals surface area contributed by atoms with Crippen molar-refractivity contribution in [3.8, 4) is 5.75 Å². The predicted octanol–water partition coefficient (Wildman–Crippen LogP) is 7.79. The van der Waals surface area contributed by atoms with Gasteiger partial charge >= 0.3 is 0 Å². The molecule has 4 nitrogen and oxygen atoms in total. The Bertz CT molecular complexity index is 1290. The smallest absolute Gasteiger partial charge is 0.161 e. The van der Waals surface area contributed by atoms with Gasteiger partial charge in [-0.3, -0.25) is 0 Å². The van der Waals surface area contributed by atoms with Crippen LogP contribution in [-0.2, 0) is 16.7 Å². The molecule has 4 heteroatoms. The molecule has 0 radical (unpaired) electrons. The molecule has 2 fully saturated rings. The molecule has 1 saturated carbocycles. The third-order valence-electron chi connectivity index (χ3n) is 9.70. The van der Waals surface area contributed by atoms with Crippen molar-refractivity contribution in [2.75, 3.05) is 29.8 Å². The van der Waals surface area contributed by atoms with Crippen LogP contribution in [-0.4, -0.2) is 26.1 Å². The van der Waals surface area contributed by atoms with E-state index in [0.29, 0.717) is 25.3 Å². The Labute approximate surface area is 234 Å². The molecule has 39 heavy (non-hydrogen) atoms. The Hall–Kier alpha value is -3.24. The van der Waals surface area contributed by atoms with E-state index in [0.717, 1.165) is 38.1 Å². The lowest BCUT2D eigenvalue weighted by Crippen LogP contribution is -2.57. The largest absolute Gasteiger partial charge is 0.473 e. The average Bonchev–Trinajstić information content (AvgIpc) is 2.97. The maximum atomic E-state index is 6.67. The van der Waals surface area contributed by atoms with Crippen molar-refractivity contribution in [1.29, 1.82) is 0 Å². The molecule has 4 atom stereocenters. The number of nitrogens with zero attached hydrogens (tertiary/aromatic N) is 2. The molecule has 0 N–H and O–H groups in total. The molecule has 3 aliphatic rings. The first kappa shape index (κ1) is 26.0. The number of hydrogen-bond acceptors (Lipinski definition) is 4. The Morgan fingerprint density at radius 3 is 2.33 bits per heavy atom. The van der Waals surface area contributed by atoms with Crippen LogP contribution in [0.2, 0.25) is 0 Å². The maximum Gasteiger partial charge on any atom is 0.161 e. The molecule has 4 unspecified atom stereocenters. The molecule has 1 saturated heterocycles. The van der Waals surface area contributed by atoms with Crippen LogP contribution in [0.4, 0.5) is 11.4 Å². The highest BCUT2D eigenvalue weighted by molar-refractivity contribution is 5.51. The van der Waals surface area contributed by atoms with Gasteiger partial charge in [0.1, 0.15) is 12.5 Å². The van der Waals surface area contributed by atoms with Crippen molar-refractivity contribution in [2.45, 2.75) is 58.1 Å². The van der Waals surface area contributed by atoms with Crippen LogP contribution >= 0.6 is 0 Å². The first-order valence-corrected chi connectivity index (χ1v) is 14.5. The lowest BCUT2D eigenvalue weighted by molar-refractivity contribution is -0.130. The lowest BCUT2D eigenvalue weighted by atomic mass is 9.55. The van der Waals surface area contributed by atoms with Crippen LogP contribution in [0.3, 0.4) is 0 Å². The van der Waals surface area contributed by atoms with E-state index in [1.54, 1.807) is 0 Å². The van der Waals surface area contributed by atoms with Crippen molar-refractivity contribution >= 4 is 11.4 Å². The van der Waals surface area contributed by atoms with Crippen LogP contribution in [0.5, 0.6) is 5.75 Å². The van der Waals surface area contributed by atoms with E-state index < -0.39 is 0 Å². The molecule has 0 spiro atoms. The number of fused-ring (bicyclic) bond motifs is 2. The number of ether oxygens (including phenoxy) is 2. The lowest BCUT2D eigenvalue weighted by Gasteiger charge is -2.55. The van der Waals surface area contributed by atoms with Gasteiger partial charge in [-0.15, -0.1) is 6.58 Å². The molecule has 204 valence electrons. The molecule has 3 aromatic carbocycles. The minimum absolute atomic E-state index is 0.0203. The highest BCUT2D eigenvalue weighted by atomic mass is 16.5. The summed E-state index contributed by atoms with van der Waals surface area (Å²) in [6.45, 7) is 14.6. The molecule has 0 amide bonds. The number of anilines is 2. The van der Waals surface area contributed by atoms with Crippen molar-refractivity contribution in [3.05, 3.63) is 103 Å². The predicted molar refractivity (Wildman–Crippen MR) is 160 cm³/mol. The number of para-hydroxylation sites is 2. The van der Waals surface area contributed by atoms with Gasteiger partial charge in [0.2, 0.25) is 0 Å². The Balaban J connectivity index is 1.27. The average molecular weight is 523 g/mol. The van der Waals surface area contributed by atoms with E-state index in [4.69, 9.17) is 9.47 Å². The van der Waals surface area contributed by atoms with Gasteiger partial charge in [-0.2, -0.15) is 0 Å². The van der Waals surface area contributed by atoms with Crippen LogP contribution in [0, 0.1) is 17.3 Å². The summed E-state index contributed by atoms with van der Waals surface area (Å²) in [5, 5.41) is 0. The van der Waals surface area contributed by atoms with Gasteiger partial charge in [-0.05, 0) is 78.0 Å². The van der Waals surface area contributed by atoms with Crippen molar-refractivity contribution in [1.82, 2.24) is 0 Å². The van der Waals surface area contributed by atoms with Crippen LogP contribution < -0.4 is 14.5 Å². The summed E-state index contributed by atoms with van der Waals surface area (Å²) in [5.41, 5.74) is 5.23. The maximum absolute atomic E-state index is 6.67. The highest BCUT2D eigenvalue weighted by Gasteiger charge is 2.51. The highest BCUT2D eigenvalue weighted by Crippen LogP contribution is 2.54. The quantitative estimate of drug-likeness (QED) is 0.309. The van der Waals surface area contributed by atoms with E-state index in [-0.39, 0.29) is 16.9 Å². The summed E-state index contributed by atoms with van der Waals surface area (Å²) in [5.74, 6) is 2.04. The fourth-order valence-electron chi connectivity index (χ4n) is 7.42. The van der Waals surface area contributed by atoms with Crippen LogP contribution in [0.15, 0.2) is 91.5 Å². The Kier molecular flexibility index (Phi) is 6.93. The molecular weight excluding hydrogens is 480 g/mol. The zero-order valence-corrected chi connectivity index (χ0v) is 23.7. The number of allylic oxidation sites excluding steroid dienone is 1. The van der Waals surface area contributed by atoms with Gasteiger partial charge in [0.15, 0.2) is 6.73 Å². The Morgan fingerprint density at radius 2 is 1.64 bits per heavy atom. The summed E-state index contributed by atoms with van der Waals surface area (Å²) in [4.78, 5) is 4.72. The fourth-order valence-corrected chi connectivity index (χ4v) is 7.42. The number of benzene rings is 3. The van der Waals surface area contributed by atoms with E-state index >= 15 is 0 Å². The zero-order chi connectivity index (χ0) is 27.0. The summed E-state index contributed by atoms with van der Waals surface area (Å²) < 4.78 is 12.9. The third kappa shape index (κ3) is 4.96. The van der Waals surface area contributed by atoms with Crippen LogP contribution in [0.25, 0.3) is 0 Å². The molecular formula is C35H42N2O2. The van der Waals surface area contributed by atoms with Crippen LogP contribution in [0.1, 0.15) is 51.2 Å². The minimum atomic E-state index is 0.0203. The molecule has 6 rings (SSSR count). The van der Waals surface area contributed by atoms with Gasteiger partial charge in [-0.25, -0.2) is 0 Å². The van der Waals surface area contributed by atoms with E-state index in [1.807, 2.05) is 0 Å². The van der Waals surface area contributed by atoms with Gasteiger partial charge < -0.3 is 19.3 Å². The first-order chi connectivity index (χ1) is 18.9. The van der Waals surface area contributed by atoms with Crippen molar-refractivity contribution in [2.24, 2.45) is 17.3 Å². The van der Waals surface area contributed by atoms with Crippen molar-refractivity contribution in [3.63, 3.8) is 0 Å². The summed E-state index contributed by atoms with van der Waals surface area (Å²) in [6.07, 6.45) is 5.66. The molecule has 1 aliphatic carbocycles. The minimum Gasteiger partial charge on any atom is -0.473 e. The van der Waals surface area contributed by atoms with Gasteiger partial charge in [0.05, 0.1) is 6.10 Å². The summed E-state index contributed by atoms with van der Waals surface area (Å²) in [6, 6.07) is 28.2. The number of rotatable bonds is 6. The molecule has 0 bridgehead atoms. The van der Waals surface area contributed by atoms with E-state index in [2.05, 4.69) is 122 Å². The van der Waals surface area contributed by atoms with E-state index in [9.17, 15) is 0 Å². The van der Waals surface area contributed by atoms with E-state index in [1.165, 1.54) is 22.5 Å². The molecule has 0 aromatic heterocycles. The zero-order valence-electron chi connectivity index (χ0n) is 23.7. The second-order valence-electron chi connectivity index (χ2n) is 12.7. The summed E-state index contributed by atoms with van der Waals surface area (Å²) in [7, 11) is 0. The molecule has 2 heterocycles. The molecule has 3 aromatic rings. The molecule has 2 aliphatic heterocycles. The standard InChI is InChI=1S/C35H42N2O2/c1-5-18-35(4)21-29(20-27-23-37(25-39-33(27)35)31-14-10-7-11-15-31)34(2,3)28-16-17-32-26(19-28)22-36(24-38-32)30-12-8-6-9-13-30/h5-17,19,27,29,33H,1,18,20-25H2,2-4H3. The second-order valence-corrected chi connectivity index (χ2v) is 12.7. The second kappa shape index (κ2) is 10.4.